The first-order valence-corrected chi connectivity index (χ1v) is 6.98. The zero-order valence-corrected chi connectivity index (χ0v) is 8.24. The molecule has 5 rings (SSSR count). The van der Waals surface area contributed by atoms with E-state index in [1.54, 1.807) is 19.0 Å². The van der Waals surface area contributed by atoms with Gasteiger partial charge in [-0.1, -0.05) is 0 Å². The summed E-state index contributed by atoms with van der Waals surface area (Å²) in [6.07, 6.45) is 4.89. The molecule has 5 aliphatic rings. The van der Waals surface area contributed by atoms with Gasteiger partial charge < -0.3 is 0 Å². The summed E-state index contributed by atoms with van der Waals surface area (Å²) in [7, 11) is 1.39. The second-order valence-corrected chi connectivity index (χ2v) is 7.30. The van der Waals surface area contributed by atoms with Crippen LogP contribution in [0.2, 0.25) is 0 Å². The van der Waals surface area contributed by atoms with Crippen molar-refractivity contribution in [2.45, 2.75) is 18.5 Å². The minimum Gasteiger partial charge on any atom is -0.118 e. The summed E-state index contributed by atoms with van der Waals surface area (Å²) in [5.41, 5.74) is 1.29. The Balaban J connectivity index is 1.53. The highest BCUT2D eigenvalue weighted by atomic mass is 31.1. The van der Waals surface area contributed by atoms with Crippen molar-refractivity contribution in [2.75, 3.05) is 6.16 Å². The van der Waals surface area contributed by atoms with E-state index in [9.17, 15) is 0 Å². The van der Waals surface area contributed by atoms with Gasteiger partial charge in [0.2, 0.25) is 0 Å². The molecule has 0 spiro atoms. The summed E-state index contributed by atoms with van der Waals surface area (Å²) in [4.78, 5) is 0. The molecular formula is C11H15P. The zero-order chi connectivity index (χ0) is 7.45. The third kappa shape index (κ3) is 0.365. The van der Waals surface area contributed by atoms with Crippen LogP contribution in [-0.2, 0) is 0 Å². The molecule has 1 saturated heterocycles. The highest BCUT2D eigenvalue weighted by Gasteiger charge is 2.78. The summed E-state index contributed by atoms with van der Waals surface area (Å²) >= 11 is 0. The Kier molecular flexibility index (Phi) is 0.771. The maximum Gasteiger partial charge on any atom is -0.0168 e. The molecule has 0 aromatic heterocycles. The highest BCUT2D eigenvalue weighted by molar-refractivity contribution is 7.41. The van der Waals surface area contributed by atoms with E-state index in [0.717, 1.165) is 0 Å². The lowest BCUT2D eigenvalue weighted by molar-refractivity contribution is -0.307. The number of fused-ring (bicyclic) bond motifs is 10. The van der Waals surface area contributed by atoms with Gasteiger partial charge in [-0.05, 0) is 66.1 Å². The fourth-order valence-corrected chi connectivity index (χ4v) is 7.47. The van der Waals surface area contributed by atoms with E-state index in [1.807, 2.05) is 0 Å². The van der Waals surface area contributed by atoms with Crippen LogP contribution in [0.25, 0.3) is 0 Å². The van der Waals surface area contributed by atoms with Crippen LogP contribution in [0, 0.1) is 41.4 Å². The molecular weight excluding hydrogens is 163 g/mol. The molecule has 9 unspecified atom stereocenters. The second-order valence-electron chi connectivity index (χ2n) is 5.81. The molecule has 0 aromatic carbocycles. The zero-order valence-electron chi connectivity index (χ0n) is 7.24. The van der Waals surface area contributed by atoms with Crippen molar-refractivity contribution < 1.29 is 0 Å². The van der Waals surface area contributed by atoms with Gasteiger partial charge in [0.05, 0.1) is 0 Å². The molecule has 12 heavy (non-hydrogen) atoms. The molecule has 0 N–H and O–H groups in total. The maximum absolute atomic E-state index is 1.65. The van der Waals surface area contributed by atoms with Crippen LogP contribution in [0.5, 0.6) is 0 Å². The highest BCUT2D eigenvalue weighted by Crippen LogP contribution is 2.83. The van der Waals surface area contributed by atoms with Crippen molar-refractivity contribution in [2.24, 2.45) is 41.4 Å². The van der Waals surface area contributed by atoms with Crippen LogP contribution in [0.4, 0.5) is 0 Å². The van der Waals surface area contributed by atoms with Crippen molar-refractivity contribution in [1.29, 1.82) is 0 Å². The molecule has 0 aromatic rings. The summed E-state index contributed by atoms with van der Waals surface area (Å²) in [5.74, 6) is 8.99. The molecule has 1 heterocycles. The number of rotatable bonds is 0. The van der Waals surface area contributed by atoms with Crippen molar-refractivity contribution in [3.8, 4) is 0 Å². The molecule has 1 heteroatoms. The average molecular weight is 178 g/mol. The maximum atomic E-state index is 1.65. The first kappa shape index (κ1) is 6.02. The van der Waals surface area contributed by atoms with Gasteiger partial charge in [0.25, 0.3) is 0 Å². The predicted molar refractivity (Wildman–Crippen MR) is 50.6 cm³/mol. The van der Waals surface area contributed by atoms with Gasteiger partial charge in [0.1, 0.15) is 0 Å². The van der Waals surface area contributed by atoms with E-state index in [1.165, 1.54) is 55.7 Å². The first-order chi connectivity index (χ1) is 5.97. The third-order valence-electron chi connectivity index (χ3n) is 6.11. The first-order valence-electron chi connectivity index (χ1n) is 5.70. The van der Waals surface area contributed by atoms with Gasteiger partial charge in [-0.3, -0.25) is 0 Å². The predicted octanol–water partition coefficient (Wildman–Crippen LogP) is 2.20. The Hall–Kier alpha value is 0.430. The van der Waals surface area contributed by atoms with E-state index in [-0.39, 0.29) is 0 Å². The molecule has 9 atom stereocenters. The monoisotopic (exact) mass is 178 g/mol. The Morgan fingerprint density at radius 1 is 0.750 bits per heavy atom. The van der Waals surface area contributed by atoms with Crippen LogP contribution in [0.15, 0.2) is 0 Å². The third-order valence-corrected chi connectivity index (χ3v) is 8.10. The minimum atomic E-state index is 1.26. The van der Waals surface area contributed by atoms with E-state index in [4.69, 9.17) is 0 Å². The SMILES string of the molecule is C1CC2C1C1C2C2C3PCC3C12. The summed E-state index contributed by atoms with van der Waals surface area (Å²) < 4.78 is 0. The fourth-order valence-electron chi connectivity index (χ4n) is 5.48. The average Bonchev–Trinajstić information content (AvgIpc) is 1.99. The van der Waals surface area contributed by atoms with E-state index in [2.05, 4.69) is 0 Å². The standard InChI is InChI=1S/C11H15P/c1-2-5-4(1)7-8(5)10-9(7)6-3-12-11(6)10/h4-12H,1-3H2. The van der Waals surface area contributed by atoms with Gasteiger partial charge in [0.15, 0.2) is 0 Å². The summed E-state index contributed by atoms with van der Waals surface area (Å²) in [5, 5.41) is 0. The van der Waals surface area contributed by atoms with Crippen LogP contribution >= 0.6 is 8.58 Å². The molecule has 4 aliphatic carbocycles. The molecule has 1 aliphatic heterocycles. The molecule has 0 amide bonds. The van der Waals surface area contributed by atoms with Crippen molar-refractivity contribution >= 4 is 8.58 Å². The Labute approximate surface area is 75.3 Å². The molecule has 4 saturated carbocycles. The van der Waals surface area contributed by atoms with Gasteiger partial charge in [-0.25, -0.2) is 0 Å². The second kappa shape index (κ2) is 1.54. The normalized spacial score (nSPS) is 82.0. The van der Waals surface area contributed by atoms with Gasteiger partial charge in [0, 0.05) is 0 Å². The molecule has 0 radical (unpaired) electrons. The minimum absolute atomic E-state index is 1.26. The largest absolute Gasteiger partial charge is 0.118 e. The lowest BCUT2D eigenvalue weighted by atomic mass is 9.26. The Morgan fingerprint density at radius 3 is 2.00 bits per heavy atom. The summed E-state index contributed by atoms with van der Waals surface area (Å²) in [6, 6.07) is 0. The lowest BCUT2D eigenvalue weighted by Gasteiger charge is -2.83. The lowest BCUT2D eigenvalue weighted by Crippen LogP contribution is -2.80. The number of hydrogen-bond acceptors (Lipinski definition) is 0. The molecule has 64 valence electrons. The van der Waals surface area contributed by atoms with E-state index in [0.29, 0.717) is 0 Å². The smallest absolute Gasteiger partial charge is 0.0168 e. The van der Waals surface area contributed by atoms with Crippen LogP contribution < -0.4 is 0 Å². The van der Waals surface area contributed by atoms with Crippen LogP contribution in [-0.4, -0.2) is 11.8 Å². The number of hydrogen-bond donors (Lipinski definition) is 0. The van der Waals surface area contributed by atoms with E-state index >= 15 is 0 Å². The summed E-state index contributed by atoms with van der Waals surface area (Å²) in [6.45, 7) is 0. The Bertz CT molecular complexity index is 210. The quantitative estimate of drug-likeness (QED) is 0.394. The molecule has 0 bridgehead atoms. The fraction of sp³-hybridized carbons (Fsp3) is 1.00. The van der Waals surface area contributed by atoms with Crippen molar-refractivity contribution in [3.63, 3.8) is 0 Å². The van der Waals surface area contributed by atoms with Gasteiger partial charge in [-0.2, -0.15) is 0 Å². The van der Waals surface area contributed by atoms with Gasteiger partial charge >= 0.3 is 0 Å². The topological polar surface area (TPSA) is 0 Å². The van der Waals surface area contributed by atoms with Crippen LogP contribution in [0.3, 0.4) is 0 Å². The van der Waals surface area contributed by atoms with Crippen molar-refractivity contribution in [3.05, 3.63) is 0 Å². The molecule has 0 nitrogen and oxygen atoms in total. The molecule has 5 fully saturated rings. The van der Waals surface area contributed by atoms with Gasteiger partial charge in [-0.15, -0.1) is 8.58 Å². The van der Waals surface area contributed by atoms with Crippen LogP contribution in [0.1, 0.15) is 12.8 Å². The van der Waals surface area contributed by atoms with E-state index < -0.39 is 0 Å². The van der Waals surface area contributed by atoms with Crippen molar-refractivity contribution in [1.82, 2.24) is 0 Å². The Morgan fingerprint density at radius 2 is 1.42 bits per heavy atom.